The van der Waals surface area contributed by atoms with E-state index in [4.69, 9.17) is 9.47 Å². The summed E-state index contributed by atoms with van der Waals surface area (Å²) in [6.07, 6.45) is 18.9. The van der Waals surface area contributed by atoms with Crippen LogP contribution < -0.4 is 0 Å². The molecule has 0 aromatic heterocycles. The topological polar surface area (TPSA) is 69.7 Å². The zero-order valence-corrected chi connectivity index (χ0v) is 23.3. The van der Waals surface area contributed by atoms with E-state index in [1.165, 1.54) is 19.3 Å². The van der Waals surface area contributed by atoms with Crippen molar-refractivity contribution in [2.45, 2.75) is 92.1 Å². The molecule has 0 bridgehead atoms. The molecular formula is C32H44O5. The molecule has 1 saturated carbocycles. The molecule has 2 aliphatic rings. The third kappa shape index (κ3) is 10.1. The maximum atomic E-state index is 13.0. The molecule has 0 N–H and O–H groups in total. The van der Waals surface area contributed by atoms with Crippen molar-refractivity contribution in [2.75, 3.05) is 6.61 Å². The average molecular weight is 509 g/mol. The van der Waals surface area contributed by atoms with E-state index in [0.29, 0.717) is 24.5 Å². The van der Waals surface area contributed by atoms with Gasteiger partial charge >= 0.3 is 11.9 Å². The summed E-state index contributed by atoms with van der Waals surface area (Å²) in [6, 6.07) is 0. The molecule has 0 amide bonds. The van der Waals surface area contributed by atoms with Gasteiger partial charge in [-0.25, -0.2) is 0 Å². The van der Waals surface area contributed by atoms with Gasteiger partial charge in [0.15, 0.2) is 11.9 Å². The normalized spacial score (nSPS) is 21.5. The van der Waals surface area contributed by atoms with Crippen molar-refractivity contribution < 1.29 is 23.9 Å². The first kappa shape index (κ1) is 30.3. The fourth-order valence-corrected chi connectivity index (χ4v) is 4.92. The van der Waals surface area contributed by atoms with Crippen molar-refractivity contribution in [3.63, 3.8) is 0 Å². The second kappa shape index (κ2) is 14.7. The van der Waals surface area contributed by atoms with Gasteiger partial charge in [0.1, 0.15) is 0 Å². The second-order valence-electron chi connectivity index (χ2n) is 10.9. The minimum Gasteiger partial charge on any atom is -0.465 e. The minimum atomic E-state index is -0.836. The quantitative estimate of drug-likeness (QED) is 0.216. The molecule has 0 aromatic rings. The summed E-state index contributed by atoms with van der Waals surface area (Å²) in [6.45, 7) is 14.0. The van der Waals surface area contributed by atoms with E-state index in [0.717, 1.165) is 29.6 Å². The second-order valence-corrected chi connectivity index (χ2v) is 10.9. The molecule has 202 valence electrons. The van der Waals surface area contributed by atoms with E-state index in [9.17, 15) is 14.4 Å². The van der Waals surface area contributed by atoms with E-state index >= 15 is 0 Å². The maximum absolute atomic E-state index is 13.0. The molecule has 37 heavy (non-hydrogen) atoms. The van der Waals surface area contributed by atoms with Gasteiger partial charge in [-0.05, 0) is 56.1 Å². The molecule has 0 heterocycles. The number of rotatable bonds is 11. The lowest BCUT2D eigenvalue weighted by atomic mass is 9.71. The molecule has 0 radical (unpaired) electrons. The number of allylic oxidation sites excluding steroid dienone is 10. The van der Waals surface area contributed by atoms with Gasteiger partial charge < -0.3 is 9.47 Å². The molecule has 0 aliphatic heterocycles. The molecule has 0 spiro atoms. The number of esters is 2. The van der Waals surface area contributed by atoms with Crippen molar-refractivity contribution in [2.24, 2.45) is 11.3 Å². The highest BCUT2D eigenvalue weighted by Crippen LogP contribution is 2.40. The molecule has 5 heteroatoms. The fourth-order valence-electron chi connectivity index (χ4n) is 4.92. The predicted molar refractivity (Wildman–Crippen MR) is 149 cm³/mol. The van der Waals surface area contributed by atoms with Crippen LogP contribution in [0.4, 0.5) is 0 Å². The standard InChI is InChI=1S/C32H44O5/c1-7-12-23(2)13-11-14-24(3)17-18-27-25(4)31(35)28(21-32(27,5)6)37-30(34)20-19-29(33)36-22-26-15-9-8-10-16-26/h7,11-14,17-18,26,28H,1,8-10,15-16,19-22H2,2-6H3. The number of ketones is 1. The van der Waals surface area contributed by atoms with E-state index in [-0.39, 0.29) is 30.0 Å². The third-order valence-corrected chi connectivity index (χ3v) is 7.11. The number of hydrogen-bond donors (Lipinski definition) is 0. The number of ether oxygens (including phenoxy) is 2. The van der Waals surface area contributed by atoms with Gasteiger partial charge in [0.25, 0.3) is 0 Å². The summed E-state index contributed by atoms with van der Waals surface area (Å²) in [5, 5.41) is 0. The van der Waals surface area contributed by atoms with Crippen molar-refractivity contribution in [1.29, 1.82) is 0 Å². The monoisotopic (exact) mass is 508 g/mol. The van der Waals surface area contributed by atoms with Gasteiger partial charge in [-0.15, -0.1) is 0 Å². The van der Waals surface area contributed by atoms with E-state index < -0.39 is 12.1 Å². The maximum Gasteiger partial charge on any atom is 0.307 e. The molecule has 0 saturated heterocycles. The van der Waals surface area contributed by atoms with Crippen LogP contribution in [0.1, 0.15) is 86.0 Å². The van der Waals surface area contributed by atoms with E-state index in [1.54, 1.807) is 13.0 Å². The Bertz CT molecular complexity index is 996. The van der Waals surface area contributed by atoms with Gasteiger partial charge in [-0.3, -0.25) is 14.4 Å². The highest BCUT2D eigenvalue weighted by molar-refractivity contribution is 6.01. The summed E-state index contributed by atoms with van der Waals surface area (Å²) < 4.78 is 10.9. The Hall–Kier alpha value is -2.95. The Kier molecular flexibility index (Phi) is 12.0. The summed E-state index contributed by atoms with van der Waals surface area (Å²) in [7, 11) is 0. The van der Waals surface area contributed by atoms with Crippen LogP contribution in [0.25, 0.3) is 0 Å². The van der Waals surface area contributed by atoms with Crippen LogP contribution in [-0.4, -0.2) is 30.4 Å². The van der Waals surface area contributed by atoms with E-state index in [1.807, 2.05) is 50.3 Å². The Labute approximate surface area is 223 Å². The van der Waals surface area contributed by atoms with Crippen LogP contribution in [0.2, 0.25) is 0 Å². The molecule has 2 rings (SSSR count). The molecule has 2 aliphatic carbocycles. The Morgan fingerprint density at radius 3 is 2.32 bits per heavy atom. The molecular weight excluding hydrogens is 464 g/mol. The molecule has 1 fully saturated rings. The van der Waals surface area contributed by atoms with Crippen molar-refractivity contribution in [1.82, 2.24) is 0 Å². The van der Waals surface area contributed by atoms with Crippen molar-refractivity contribution in [3.8, 4) is 0 Å². The number of carbonyl (C=O) groups excluding carboxylic acids is 3. The predicted octanol–water partition coefficient (Wildman–Crippen LogP) is 7.31. The van der Waals surface area contributed by atoms with Crippen LogP contribution in [0.15, 0.2) is 71.4 Å². The minimum absolute atomic E-state index is 0.0262. The zero-order valence-electron chi connectivity index (χ0n) is 23.3. The Balaban J connectivity index is 1.92. The lowest BCUT2D eigenvalue weighted by Crippen LogP contribution is -2.39. The van der Waals surface area contributed by atoms with Crippen LogP contribution in [0.5, 0.6) is 0 Å². The third-order valence-electron chi connectivity index (χ3n) is 7.11. The number of Topliss-reactive ketones (excluding diaryl/α,β-unsaturated/α-hetero) is 1. The van der Waals surface area contributed by atoms with Gasteiger partial charge in [0.2, 0.25) is 0 Å². The first-order valence-corrected chi connectivity index (χ1v) is 13.5. The first-order chi connectivity index (χ1) is 17.5. The van der Waals surface area contributed by atoms with E-state index in [2.05, 4.69) is 20.4 Å². The largest absolute Gasteiger partial charge is 0.465 e. The SMILES string of the molecule is C=CC=C(C)C=CC=C(C)C=CC1=C(C)C(=O)C(OC(=O)CCC(=O)OCC2CCCCC2)CC1(C)C. The number of hydrogen-bond acceptors (Lipinski definition) is 5. The summed E-state index contributed by atoms with van der Waals surface area (Å²) in [4.78, 5) is 37.5. The lowest BCUT2D eigenvalue weighted by molar-refractivity contribution is -0.158. The molecule has 0 aromatic carbocycles. The average Bonchev–Trinajstić information content (AvgIpc) is 2.85. The fraction of sp³-hybridized carbons (Fsp3) is 0.531. The molecule has 1 unspecified atom stereocenters. The summed E-state index contributed by atoms with van der Waals surface area (Å²) in [5.74, 6) is -0.670. The van der Waals surface area contributed by atoms with Gasteiger partial charge in [0, 0.05) is 6.42 Å². The molecule has 5 nitrogen and oxygen atoms in total. The number of carbonyl (C=O) groups is 3. The van der Waals surface area contributed by atoms with Crippen molar-refractivity contribution >= 4 is 17.7 Å². The van der Waals surface area contributed by atoms with Gasteiger partial charge in [-0.1, -0.05) is 93.4 Å². The highest BCUT2D eigenvalue weighted by atomic mass is 16.5. The van der Waals surface area contributed by atoms with Gasteiger partial charge in [0.05, 0.1) is 19.4 Å². The molecule has 1 atom stereocenters. The van der Waals surface area contributed by atoms with Crippen LogP contribution in [0.3, 0.4) is 0 Å². The lowest BCUT2D eigenvalue weighted by Gasteiger charge is -2.36. The first-order valence-electron chi connectivity index (χ1n) is 13.5. The van der Waals surface area contributed by atoms with Gasteiger partial charge in [-0.2, -0.15) is 0 Å². The Morgan fingerprint density at radius 1 is 1.00 bits per heavy atom. The summed E-state index contributed by atoms with van der Waals surface area (Å²) >= 11 is 0. The Morgan fingerprint density at radius 2 is 1.65 bits per heavy atom. The zero-order chi connectivity index (χ0) is 27.4. The van der Waals surface area contributed by atoms with Crippen LogP contribution in [0, 0.1) is 11.3 Å². The van der Waals surface area contributed by atoms with Crippen LogP contribution >= 0.6 is 0 Å². The summed E-state index contributed by atoms with van der Waals surface area (Å²) in [5.41, 5.74) is 3.35. The van der Waals surface area contributed by atoms with Crippen LogP contribution in [-0.2, 0) is 23.9 Å². The van der Waals surface area contributed by atoms with Crippen molar-refractivity contribution in [3.05, 3.63) is 71.4 Å². The highest BCUT2D eigenvalue weighted by Gasteiger charge is 2.39. The smallest absolute Gasteiger partial charge is 0.307 e.